The third-order valence-electron chi connectivity index (χ3n) is 4.00. The van der Waals surface area contributed by atoms with Crippen LogP contribution in [-0.2, 0) is 4.79 Å². The Balaban J connectivity index is 2.36. The van der Waals surface area contributed by atoms with Crippen LogP contribution in [0.15, 0.2) is 22.7 Å². The SMILES string of the molecule is CNCCC(CC=O)Nc1ccc(-c2c(C)noc2C)cc1[N+](=O)[O-]. The van der Waals surface area contributed by atoms with E-state index in [0.717, 1.165) is 11.8 Å². The zero-order valence-electron chi connectivity index (χ0n) is 14.5. The van der Waals surface area contributed by atoms with E-state index in [1.54, 1.807) is 26.0 Å². The van der Waals surface area contributed by atoms with E-state index in [4.69, 9.17) is 4.52 Å². The van der Waals surface area contributed by atoms with Gasteiger partial charge in [0.25, 0.3) is 5.69 Å². The van der Waals surface area contributed by atoms with Gasteiger partial charge in [-0.05, 0) is 45.5 Å². The van der Waals surface area contributed by atoms with E-state index in [2.05, 4.69) is 15.8 Å². The molecule has 0 saturated carbocycles. The molecule has 0 saturated heterocycles. The van der Waals surface area contributed by atoms with E-state index in [-0.39, 0.29) is 18.2 Å². The van der Waals surface area contributed by atoms with Crippen LogP contribution >= 0.6 is 0 Å². The molecule has 0 aliphatic carbocycles. The minimum Gasteiger partial charge on any atom is -0.376 e. The average molecular weight is 346 g/mol. The molecule has 0 aliphatic heterocycles. The third-order valence-corrected chi connectivity index (χ3v) is 4.00. The van der Waals surface area contributed by atoms with Crippen LogP contribution in [0.25, 0.3) is 11.1 Å². The van der Waals surface area contributed by atoms with Crippen LogP contribution in [-0.4, -0.2) is 36.0 Å². The van der Waals surface area contributed by atoms with Crippen LogP contribution in [0.4, 0.5) is 11.4 Å². The first-order valence-electron chi connectivity index (χ1n) is 8.04. The highest BCUT2D eigenvalue weighted by Gasteiger charge is 2.20. The Hall–Kier alpha value is -2.74. The molecule has 2 rings (SSSR count). The van der Waals surface area contributed by atoms with Gasteiger partial charge in [0, 0.05) is 24.1 Å². The number of nitrogens with zero attached hydrogens (tertiary/aromatic N) is 2. The second-order valence-corrected chi connectivity index (χ2v) is 5.82. The molecule has 1 aromatic heterocycles. The van der Waals surface area contributed by atoms with Crippen molar-refractivity contribution in [3.8, 4) is 11.1 Å². The van der Waals surface area contributed by atoms with Gasteiger partial charge in [-0.15, -0.1) is 0 Å². The lowest BCUT2D eigenvalue weighted by molar-refractivity contribution is -0.383. The summed E-state index contributed by atoms with van der Waals surface area (Å²) in [5.74, 6) is 0.611. The fraction of sp³-hybridized carbons (Fsp3) is 0.412. The molecule has 0 fully saturated rings. The molecule has 134 valence electrons. The predicted molar refractivity (Wildman–Crippen MR) is 94.7 cm³/mol. The molecule has 0 bridgehead atoms. The van der Waals surface area contributed by atoms with Crippen molar-refractivity contribution in [3.63, 3.8) is 0 Å². The monoisotopic (exact) mass is 346 g/mol. The van der Waals surface area contributed by atoms with Gasteiger partial charge in [-0.25, -0.2) is 0 Å². The van der Waals surface area contributed by atoms with Crippen molar-refractivity contribution in [2.24, 2.45) is 0 Å². The smallest absolute Gasteiger partial charge is 0.292 e. The summed E-state index contributed by atoms with van der Waals surface area (Å²) in [7, 11) is 1.82. The van der Waals surface area contributed by atoms with Crippen LogP contribution in [0.5, 0.6) is 0 Å². The van der Waals surface area contributed by atoms with Gasteiger partial charge >= 0.3 is 0 Å². The lowest BCUT2D eigenvalue weighted by Gasteiger charge is -2.18. The number of hydrogen-bond donors (Lipinski definition) is 2. The minimum atomic E-state index is -0.431. The topological polar surface area (TPSA) is 110 Å². The number of rotatable bonds is 9. The summed E-state index contributed by atoms with van der Waals surface area (Å²) < 4.78 is 5.14. The molecule has 1 aromatic carbocycles. The number of carbonyl (C=O) groups excluding carboxylic acids is 1. The average Bonchev–Trinajstić information content (AvgIpc) is 2.92. The summed E-state index contributed by atoms with van der Waals surface area (Å²) in [6, 6.07) is 4.79. The van der Waals surface area contributed by atoms with Gasteiger partial charge in [-0.3, -0.25) is 10.1 Å². The Kier molecular flexibility index (Phi) is 6.24. The largest absolute Gasteiger partial charge is 0.376 e. The molecule has 25 heavy (non-hydrogen) atoms. The molecule has 1 heterocycles. The van der Waals surface area contributed by atoms with E-state index < -0.39 is 4.92 Å². The van der Waals surface area contributed by atoms with Gasteiger partial charge in [0.1, 0.15) is 17.7 Å². The molecule has 8 nitrogen and oxygen atoms in total. The first-order valence-corrected chi connectivity index (χ1v) is 8.04. The molecule has 0 radical (unpaired) electrons. The molecule has 0 aliphatic rings. The number of nitro benzene ring substituents is 1. The lowest BCUT2D eigenvalue weighted by atomic mass is 10.0. The summed E-state index contributed by atoms with van der Waals surface area (Å²) in [6.45, 7) is 4.27. The van der Waals surface area contributed by atoms with Gasteiger partial charge in [-0.1, -0.05) is 11.2 Å². The number of aldehydes is 1. The number of hydrogen-bond acceptors (Lipinski definition) is 7. The van der Waals surface area contributed by atoms with Crippen molar-refractivity contribution in [3.05, 3.63) is 39.8 Å². The molecule has 1 atom stereocenters. The second-order valence-electron chi connectivity index (χ2n) is 5.82. The van der Waals surface area contributed by atoms with E-state index in [1.165, 1.54) is 6.07 Å². The number of nitrogens with one attached hydrogen (secondary N) is 2. The van der Waals surface area contributed by atoms with Gasteiger partial charge in [0.05, 0.1) is 10.6 Å². The Labute approximate surface area is 145 Å². The normalized spacial score (nSPS) is 12.0. The number of aromatic nitrogens is 1. The van der Waals surface area contributed by atoms with Crippen LogP contribution < -0.4 is 10.6 Å². The van der Waals surface area contributed by atoms with E-state index in [0.29, 0.717) is 35.7 Å². The fourth-order valence-electron chi connectivity index (χ4n) is 2.76. The van der Waals surface area contributed by atoms with Gasteiger partial charge < -0.3 is 20.0 Å². The van der Waals surface area contributed by atoms with Crippen molar-refractivity contribution in [1.82, 2.24) is 10.5 Å². The van der Waals surface area contributed by atoms with Crippen LogP contribution in [0.2, 0.25) is 0 Å². The summed E-state index contributed by atoms with van der Waals surface area (Å²) in [4.78, 5) is 21.9. The van der Waals surface area contributed by atoms with Crippen molar-refractivity contribution < 1.29 is 14.2 Å². The highest BCUT2D eigenvalue weighted by atomic mass is 16.6. The van der Waals surface area contributed by atoms with Crippen LogP contribution in [0, 0.1) is 24.0 Å². The zero-order valence-corrected chi connectivity index (χ0v) is 14.5. The zero-order chi connectivity index (χ0) is 18.4. The van der Waals surface area contributed by atoms with E-state index >= 15 is 0 Å². The first-order chi connectivity index (χ1) is 12.0. The molecule has 2 aromatic rings. The summed E-state index contributed by atoms with van der Waals surface area (Å²) in [5, 5.41) is 21.5. The van der Waals surface area contributed by atoms with Crippen molar-refractivity contribution in [2.75, 3.05) is 18.9 Å². The van der Waals surface area contributed by atoms with E-state index in [1.807, 2.05) is 7.05 Å². The van der Waals surface area contributed by atoms with Crippen LogP contribution in [0.1, 0.15) is 24.3 Å². The maximum Gasteiger partial charge on any atom is 0.292 e. The summed E-state index contributed by atoms with van der Waals surface area (Å²) >= 11 is 0. The minimum absolute atomic E-state index is 0.0437. The Morgan fingerprint density at radius 1 is 1.40 bits per heavy atom. The van der Waals surface area contributed by atoms with Crippen molar-refractivity contribution in [1.29, 1.82) is 0 Å². The molecule has 0 spiro atoms. The number of anilines is 1. The van der Waals surface area contributed by atoms with Gasteiger partial charge in [0.2, 0.25) is 0 Å². The molecular formula is C17H22N4O4. The Bertz CT molecular complexity index is 738. The fourth-order valence-corrected chi connectivity index (χ4v) is 2.76. The second kappa shape index (κ2) is 8.39. The number of benzene rings is 1. The third kappa shape index (κ3) is 4.42. The maximum absolute atomic E-state index is 11.5. The standard InChI is InChI=1S/C17H22N4O4/c1-11-17(12(2)25-20-11)13-4-5-15(16(10-13)21(23)24)19-14(7-9-22)6-8-18-3/h4-5,9-10,14,18-19H,6-8H2,1-3H3. The van der Waals surface area contributed by atoms with Gasteiger partial charge in [0.15, 0.2) is 0 Å². The maximum atomic E-state index is 11.5. The lowest BCUT2D eigenvalue weighted by Crippen LogP contribution is -2.25. The predicted octanol–water partition coefficient (Wildman–Crippen LogP) is 2.85. The first kappa shape index (κ1) is 18.6. The molecule has 2 N–H and O–H groups in total. The van der Waals surface area contributed by atoms with Crippen molar-refractivity contribution in [2.45, 2.75) is 32.7 Å². The van der Waals surface area contributed by atoms with Gasteiger partial charge in [-0.2, -0.15) is 0 Å². The molecule has 8 heteroatoms. The Morgan fingerprint density at radius 2 is 2.16 bits per heavy atom. The number of aryl methyl sites for hydroxylation is 2. The number of carbonyl (C=O) groups is 1. The number of nitro groups is 1. The summed E-state index contributed by atoms with van der Waals surface area (Å²) in [5.41, 5.74) is 2.46. The van der Waals surface area contributed by atoms with Crippen molar-refractivity contribution >= 4 is 17.7 Å². The highest BCUT2D eigenvalue weighted by molar-refractivity contribution is 5.75. The van der Waals surface area contributed by atoms with Crippen LogP contribution in [0.3, 0.4) is 0 Å². The molecular weight excluding hydrogens is 324 g/mol. The highest BCUT2D eigenvalue weighted by Crippen LogP contribution is 2.34. The van der Waals surface area contributed by atoms with E-state index in [9.17, 15) is 14.9 Å². The summed E-state index contributed by atoms with van der Waals surface area (Å²) in [6.07, 6.45) is 1.78. The quantitative estimate of drug-likeness (QED) is 0.408. The Morgan fingerprint density at radius 3 is 2.72 bits per heavy atom. The molecule has 1 unspecified atom stereocenters. The molecule has 0 amide bonds.